The van der Waals surface area contributed by atoms with E-state index in [9.17, 15) is 9.59 Å². The predicted molar refractivity (Wildman–Crippen MR) is 64.8 cm³/mol. The van der Waals surface area contributed by atoms with Gasteiger partial charge in [-0.1, -0.05) is 0 Å². The van der Waals surface area contributed by atoms with Gasteiger partial charge in [0, 0.05) is 15.5 Å². The number of hydrogen-bond acceptors (Lipinski definition) is 4. The van der Waals surface area contributed by atoms with Crippen LogP contribution >= 0.6 is 11.3 Å². The molecule has 5 heteroatoms. The van der Waals surface area contributed by atoms with E-state index in [0.717, 1.165) is 10.1 Å². The summed E-state index contributed by atoms with van der Waals surface area (Å²) in [6.07, 6.45) is 0. The molecule has 0 saturated carbocycles. The van der Waals surface area contributed by atoms with Gasteiger partial charge in [0.15, 0.2) is 0 Å². The van der Waals surface area contributed by atoms with Crippen LogP contribution in [0.3, 0.4) is 0 Å². The lowest BCUT2D eigenvalue weighted by Gasteiger charge is -1.99. The van der Waals surface area contributed by atoms with E-state index in [4.69, 9.17) is 9.52 Å². The highest BCUT2D eigenvalue weighted by Crippen LogP contribution is 2.28. The van der Waals surface area contributed by atoms with Crippen molar-refractivity contribution in [3.8, 4) is 0 Å². The van der Waals surface area contributed by atoms with E-state index < -0.39 is 11.6 Å². The molecule has 1 aromatic carbocycles. The number of rotatable bonds is 1. The molecule has 4 nitrogen and oxygen atoms in total. The van der Waals surface area contributed by atoms with Crippen LogP contribution in [0.5, 0.6) is 0 Å². The van der Waals surface area contributed by atoms with Crippen molar-refractivity contribution in [2.45, 2.75) is 0 Å². The van der Waals surface area contributed by atoms with E-state index in [1.165, 1.54) is 6.07 Å². The van der Waals surface area contributed by atoms with E-state index in [0.29, 0.717) is 11.0 Å². The minimum Gasteiger partial charge on any atom is -0.477 e. The molecule has 0 atom stereocenters. The lowest BCUT2D eigenvalue weighted by molar-refractivity contribution is 0.0692. The Hall–Kier alpha value is -2.14. The Morgan fingerprint density at radius 1 is 1.29 bits per heavy atom. The average molecular weight is 246 g/mol. The molecule has 0 aliphatic heterocycles. The van der Waals surface area contributed by atoms with Crippen LogP contribution in [0.1, 0.15) is 10.4 Å². The summed E-state index contributed by atoms with van der Waals surface area (Å²) < 4.78 is 6.10. The van der Waals surface area contributed by atoms with Gasteiger partial charge in [-0.3, -0.25) is 0 Å². The molecule has 0 saturated heterocycles. The Labute approximate surface area is 98.7 Å². The fraction of sp³-hybridized carbons (Fsp3) is 0. The molecular formula is C12H6O4S. The van der Waals surface area contributed by atoms with Crippen molar-refractivity contribution in [2.24, 2.45) is 0 Å². The SMILES string of the molecule is O=C(O)c1cc2ccc3sccc3c2oc1=O. The molecule has 84 valence electrons. The van der Waals surface area contributed by atoms with Crippen molar-refractivity contribution in [3.05, 3.63) is 45.6 Å². The third kappa shape index (κ3) is 1.43. The average Bonchev–Trinajstić information content (AvgIpc) is 2.76. The molecule has 3 aromatic rings. The van der Waals surface area contributed by atoms with E-state index >= 15 is 0 Å². The van der Waals surface area contributed by atoms with Gasteiger partial charge in [0.25, 0.3) is 0 Å². The van der Waals surface area contributed by atoms with Gasteiger partial charge in [-0.15, -0.1) is 11.3 Å². The Balaban J connectivity index is 2.51. The minimum absolute atomic E-state index is 0.341. The molecule has 0 aliphatic rings. The zero-order valence-electron chi connectivity index (χ0n) is 8.47. The highest BCUT2D eigenvalue weighted by atomic mass is 32.1. The molecule has 0 amide bonds. The molecule has 0 unspecified atom stereocenters. The summed E-state index contributed by atoms with van der Waals surface area (Å²) in [5.74, 6) is -1.27. The lowest BCUT2D eigenvalue weighted by Crippen LogP contribution is -2.12. The maximum Gasteiger partial charge on any atom is 0.351 e. The standard InChI is InChI=1S/C12H6O4S/c13-11(14)8-5-6-1-2-9-7(3-4-17-9)10(6)16-12(8)15/h1-5H,(H,13,14). The second-order valence-corrected chi connectivity index (χ2v) is 4.52. The van der Waals surface area contributed by atoms with E-state index in [1.807, 2.05) is 17.5 Å². The van der Waals surface area contributed by atoms with Crippen molar-refractivity contribution >= 4 is 38.4 Å². The van der Waals surface area contributed by atoms with Crippen LogP contribution in [0.4, 0.5) is 0 Å². The first-order chi connectivity index (χ1) is 8.16. The van der Waals surface area contributed by atoms with Crippen LogP contribution in [0.2, 0.25) is 0 Å². The van der Waals surface area contributed by atoms with Crippen molar-refractivity contribution < 1.29 is 14.3 Å². The summed E-state index contributed by atoms with van der Waals surface area (Å²) in [6, 6.07) is 6.84. The predicted octanol–water partition coefficient (Wildman–Crippen LogP) is 2.71. The highest BCUT2D eigenvalue weighted by molar-refractivity contribution is 7.17. The molecule has 0 radical (unpaired) electrons. The van der Waals surface area contributed by atoms with Crippen LogP contribution in [-0.4, -0.2) is 11.1 Å². The van der Waals surface area contributed by atoms with Crippen molar-refractivity contribution in [3.63, 3.8) is 0 Å². The first-order valence-corrected chi connectivity index (χ1v) is 5.72. The number of carbonyl (C=O) groups is 1. The first kappa shape index (κ1) is 10.0. The number of carboxylic acids is 1. The van der Waals surface area contributed by atoms with E-state index in [-0.39, 0.29) is 5.56 Å². The van der Waals surface area contributed by atoms with Crippen LogP contribution in [0.25, 0.3) is 21.1 Å². The summed E-state index contributed by atoms with van der Waals surface area (Å²) >= 11 is 1.54. The number of thiophene rings is 1. The maximum absolute atomic E-state index is 11.5. The number of aromatic carboxylic acids is 1. The summed E-state index contributed by atoms with van der Waals surface area (Å²) in [5.41, 5.74) is -0.713. The van der Waals surface area contributed by atoms with Gasteiger partial charge in [-0.05, 0) is 29.6 Å². The molecule has 17 heavy (non-hydrogen) atoms. The zero-order valence-corrected chi connectivity index (χ0v) is 9.28. The Morgan fingerprint density at radius 3 is 2.88 bits per heavy atom. The molecule has 3 rings (SSSR count). The Morgan fingerprint density at radius 2 is 2.12 bits per heavy atom. The Bertz CT molecular complexity index is 797. The van der Waals surface area contributed by atoms with Crippen LogP contribution in [-0.2, 0) is 0 Å². The molecular weight excluding hydrogens is 240 g/mol. The van der Waals surface area contributed by atoms with Crippen molar-refractivity contribution in [1.29, 1.82) is 0 Å². The minimum atomic E-state index is -1.27. The fourth-order valence-electron chi connectivity index (χ4n) is 1.77. The van der Waals surface area contributed by atoms with Crippen molar-refractivity contribution in [2.75, 3.05) is 0 Å². The monoisotopic (exact) mass is 246 g/mol. The molecule has 0 spiro atoms. The first-order valence-electron chi connectivity index (χ1n) is 4.84. The van der Waals surface area contributed by atoms with Gasteiger partial charge in [-0.2, -0.15) is 0 Å². The number of fused-ring (bicyclic) bond motifs is 3. The fourth-order valence-corrected chi connectivity index (χ4v) is 2.56. The number of benzene rings is 1. The molecule has 0 bridgehead atoms. The largest absolute Gasteiger partial charge is 0.477 e. The van der Waals surface area contributed by atoms with Gasteiger partial charge in [-0.25, -0.2) is 9.59 Å². The summed E-state index contributed by atoms with van der Waals surface area (Å²) in [4.78, 5) is 22.3. The number of carboxylic acid groups (broad SMARTS) is 1. The second kappa shape index (κ2) is 3.43. The third-order valence-electron chi connectivity index (χ3n) is 2.56. The number of hydrogen-bond donors (Lipinski definition) is 1. The topological polar surface area (TPSA) is 67.5 Å². The molecule has 1 N–H and O–H groups in total. The normalized spacial score (nSPS) is 11.1. The van der Waals surface area contributed by atoms with Gasteiger partial charge in [0.2, 0.25) is 0 Å². The quantitative estimate of drug-likeness (QED) is 0.670. The summed E-state index contributed by atoms with van der Waals surface area (Å²) in [7, 11) is 0. The molecule has 0 fully saturated rings. The zero-order chi connectivity index (χ0) is 12.0. The van der Waals surface area contributed by atoms with Gasteiger partial charge in [0.1, 0.15) is 11.1 Å². The Kier molecular flexibility index (Phi) is 2.02. The second-order valence-electron chi connectivity index (χ2n) is 3.57. The smallest absolute Gasteiger partial charge is 0.351 e. The van der Waals surface area contributed by atoms with Crippen LogP contribution in [0, 0.1) is 0 Å². The van der Waals surface area contributed by atoms with Gasteiger partial charge < -0.3 is 9.52 Å². The molecule has 0 aliphatic carbocycles. The van der Waals surface area contributed by atoms with Gasteiger partial charge >= 0.3 is 11.6 Å². The third-order valence-corrected chi connectivity index (χ3v) is 3.44. The highest BCUT2D eigenvalue weighted by Gasteiger charge is 2.13. The summed E-state index contributed by atoms with van der Waals surface area (Å²) in [5, 5.41) is 12.2. The summed E-state index contributed by atoms with van der Waals surface area (Å²) in [6.45, 7) is 0. The van der Waals surface area contributed by atoms with E-state index in [2.05, 4.69) is 0 Å². The van der Waals surface area contributed by atoms with Gasteiger partial charge in [0.05, 0.1) is 0 Å². The maximum atomic E-state index is 11.5. The van der Waals surface area contributed by atoms with Crippen molar-refractivity contribution in [1.82, 2.24) is 0 Å². The van der Waals surface area contributed by atoms with E-state index in [1.54, 1.807) is 17.4 Å². The molecule has 2 heterocycles. The van der Waals surface area contributed by atoms with Crippen LogP contribution < -0.4 is 5.63 Å². The molecule has 2 aromatic heterocycles. The lowest BCUT2D eigenvalue weighted by atomic mass is 10.1. The van der Waals surface area contributed by atoms with Crippen LogP contribution in [0.15, 0.2) is 38.9 Å².